The first kappa shape index (κ1) is 13.6. The first-order valence-corrected chi connectivity index (χ1v) is 4.75. The summed E-state index contributed by atoms with van der Waals surface area (Å²) in [5.41, 5.74) is 4.43. The Kier molecular flexibility index (Phi) is 4.99. The van der Waals surface area contributed by atoms with E-state index in [9.17, 15) is 9.59 Å². The quantitative estimate of drug-likeness (QED) is 0.247. The number of nitrogens with one attached hydrogen (secondary N) is 1. The number of nitrogens with zero attached hydrogens (tertiary/aromatic N) is 2. The van der Waals surface area contributed by atoms with Crippen LogP contribution >= 0.6 is 22.6 Å². The molecule has 0 aliphatic rings. The van der Waals surface area contributed by atoms with Gasteiger partial charge in [-0.25, -0.2) is 4.79 Å². The minimum atomic E-state index is -1.32. The SMILES string of the molecule is CON=C(C#N)C(=O)C(C)(I)NC(N)=O. The van der Waals surface area contributed by atoms with Gasteiger partial charge in [0.1, 0.15) is 13.2 Å². The summed E-state index contributed by atoms with van der Waals surface area (Å²) in [5, 5.41) is 14.0. The Balaban J connectivity index is 4.91. The molecule has 8 heteroatoms. The third-order valence-electron chi connectivity index (χ3n) is 1.29. The number of ketones is 1. The van der Waals surface area contributed by atoms with Gasteiger partial charge in [-0.1, -0.05) is 5.16 Å². The maximum atomic E-state index is 11.6. The van der Waals surface area contributed by atoms with Crippen molar-refractivity contribution in [2.24, 2.45) is 10.9 Å². The second kappa shape index (κ2) is 5.50. The molecule has 0 aromatic carbocycles. The number of carbonyl (C=O) groups is 2. The molecule has 0 saturated heterocycles. The number of rotatable bonds is 4. The fourth-order valence-electron chi connectivity index (χ4n) is 0.714. The molecule has 0 fully saturated rings. The summed E-state index contributed by atoms with van der Waals surface area (Å²) in [6, 6.07) is 0.695. The molecule has 0 aromatic rings. The summed E-state index contributed by atoms with van der Waals surface area (Å²) in [6.45, 7) is 1.39. The van der Waals surface area contributed by atoms with Gasteiger partial charge in [0.2, 0.25) is 11.5 Å². The Morgan fingerprint density at radius 1 is 1.67 bits per heavy atom. The van der Waals surface area contributed by atoms with E-state index >= 15 is 0 Å². The minimum absolute atomic E-state index is 0.442. The first-order chi connectivity index (χ1) is 6.85. The van der Waals surface area contributed by atoms with Gasteiger partial charge in [-0.2, -0.15) is 5.26 Å². The summed E-state index contributed by atoms with van der Waals surface area (Å²) < 4.78 is -1.32. The summed E-state index contributed by atoms with van der Waals surface area (Å²) >= 11 is 1.65. The molecular formula is C7H9IN4O3. The Morgan fingerprint density at radius 2 is 2.20 bits per heavy atom. The van der Waals surface area contributed by atoms with Gasteiger partial charge >= 0.3 is 6.03 Å². The van der Waals surface area contributed by atoms with Crippen LogP contribution in [0.25, 0.3) is 0 Å². The predicted octanol–water partition coefficient (Wildman–Crippen LogP) is -0.0990. The van der Waals surface area contributed by atoms with Crippen molar-refractivity contribution in [1.29, 1.82) is 5.26 Å². The van der Waals surface area contributed by atoms with E-state index in [1.807, 2.05) is 0 Å². The highest BCUT2D eigenvalue weighted by atomic mass is 127. The number of hydrogen-bond donors (Lipinski definition) is 2. The Labute approximate surface area is 99.8 Å². The maximum absolute atomic E-state index is 11.6. The van der Waals surface area contributed by atoms with Crippen molar-refractivity contribution in [2.45, 2.75) is 10.5 Å². The van der Waals surface area contributed by atoms with Crippen LogP contribution in [0.1, 0.15) is 6.92 Å². The lowest BCUT2D eigenvalue weighted by atomic mass is 10.1. The molecule has 1 unspecified atom stereocenters. The zero-order chi connectivity index (χ0) is 12.1. The van der Waals surface area contributed by atoms with Crippen molar-refractivity contribution in [3.63, 3.8) is 0 Å². The van der Waals surface area contributed by atoms with Crippen LogP contribution in [0.5, 0.6) is 0 Å². The number of hydrogen-bond acceptors (Lipinski definition) is 5. The molecule has 0 radical (unpaired) electrons. The van der Waals surface area contributed by atoms with Gasteiger partial charge in [0.25, 0.3) is 0 Å². The van der Waals surface area contributed by atoms with E-state index in [1.165, 1.54) is 14.0 Å². The Hall–Kier alpha value is -1.37. The van der Waals surface area contributed by atoms with E-state index < -0.39 is 21.1 Å². The lowest BCUT2D eigenvalue weighted by Gasteiger charge is -2.19. The lowest BCUT2D eigenvalue weighted by Crippen LogP contribution is -2.51. The summed E-state index contributed by atoms with van der Waals surface area (Å²) in [6.07, 6.45) is 0. The van der Waals surface area contributed by atoms with Gasteiger partial charge in [-0.05, 0) is 29.5 Å². The van der Waals surface area contributed by atoms with Crippen molar-refractivity contribution in [2.75, 3.05) is 7.11 Å². The molecule has 82 valence electrons. The van der Waals surface area contributed by atoms with Crippen LogP contribution in [-0.4, -0.2) is 28.2 Å². The van der Waals surface area contributed by atoms with Crippen LogP contribution in [0, 0.1) is 11.3 Å². The molecule has 0 bridgehead atoms. The number of amides is 2. The number of urea groups is 1. The Bertz CT molecular complexity index is 345. The molecule has 7 nitrogen and oxygen atoms in total. The fraction of sp³-hybridized carbons (Fsp3) is 0.429. The summed E-state index contributed by atoms with van der Waals surface area (Å²) in [4.78, 5) is 26.5. The zero-order valence-electron chi connectivity index (χ0n) is 8.07. The van der Waals surface area contributed by atoms with Gasteiger partial charge in [0.05, 0.1) is 0 Å². The number of halogens is 1. The highest BCUT2D eigenvalue weighted by molar-refractivity contribution is 14.1. The number of primary amides is 1. The molecule has 0 aliphatic carbocycles. The predicted molar refractivity (Wildman–Crippen MR) is 60.2 cm³/mol. The average Bonchev–Trinajstić information content (AvgIpc) is 2.11. The van der Waals surface area contributed by atoms with Gasteiger partial charge in [0.15, 0.2) is 3.55 Å². The van der Waals surface area contributed by atoms with Crippen LogP contribution in [0.2, 0.25) is 0 Å². The molecular weight excluding hydrogens is 315 g/mol. The molecule has 1 atom stereocenters. The summed E-state index contributed by atoms with van der Waals surface area (Å²) in [5.74, 6) is -0.689. The molecule has 0 aromatic heterocycles. The van der Waals surface area contributed by atoms with E-state index in [1.54, 1.807) is 28.7 Å². The van der Waals surface area contributed by atoms with Crippen LogP contribution in [0.4, 0.5) is 4.79 Å². The monoisotopic (exact) mass is 324 g/mol. The summed E-state index contributed by atoms with van der Waals surface area (Å²) in [7, 11) is 1.21. The lowest BCUT2D eigenvalue weighted by molar-refractivity contribution is -0.114. The highest BCUT2D eigenvalue weighted by Crippen LogP contribution is 2.16. The van der Waals surface area contributed by atoms with Crippen LogP contribution in [0.3, 0.4) is 0 Å². The van der Waals surface area contributed by atoms with E-state index in [2.05, 4.69) is 15.3 Å². The van der Waals surface area contributed by atoms with Crippen LogP contribution < -0.4 is 11.1 Å². The van der Waals surface area contributed by atoms with Gasteiger partial charge in [0, 0.05) is 0 Å². The number of carbonyl (C=O) groups excluding carboxylic acids is 2. The average molecular weight is 324 g/mol. The van der Waals surface area contributed by atoms with Gasteiger partial charge in [-0.3, -0.25) is 4.79 Å². The van der Waals surface area contributed by atoms with Crippen molar-refractivity contribution < 1.29 is 14.4 Å². The van der Waals surface area contributed by atoms with Crippen LogP contribution in [-0.2, 0) is 9.63 Å². The molecule has 15 heavy (non-hydrogen) atoms. The largest absolute Gasteiger partial charge is 0.398 e. The fourth-order valence-corrected chi connectivity index (χ4v) is 1.24. The molecule has 0 spiro atoms. The minimum Gasteiger partial charge on any atom is -0.398 e. The van der Waals surface area contributed by atoms with E-state index in [4.69, 9.17) is 11.0 Å². The maximum Gasteiger partial charge on any atom is 0.313 e. The number of Topliss-reactive ketones (excluding diaryl/α,β-unsaturated/α-hetero) is 1. The van der Waals surface area contributed by atoms with Crippen molar-refractivity contribution in [3.05, 3.63) is 0 Å². The number of alkyl halides is 1. The van der Waals surface area contributed by atoms with Crippen molar-refractivity contribution in [1.82, 2.24) is 5.32 Å². The second-order valence-electron chi connectivity index (χ2n) is 2.56. The van der Waals surface area contributed by atoms with Gasteiger partial charge < -0.3 is 15.9 Å². The molecule has 3 N–H and O–H groups in total. The number of oxime groups is 1. The smallest absolute Gasteiger partial charge is 0.313 e. The van der Waals surface area contributed by atoms with E-state index in [0.717, 1.165) is 0 Å². The first-order valence-electron chi connectivity index (χ1n) is 3.67. The standard InChI is InChI=1S/C7H9IN4O3/c1-7(8,11-6(10)14)5(13)4(3-9)12-15-2/h1-2H3,(H3,10,11,14). The zero-order valence-corrected chi connectivity index (χ0v) is 10.2. The molecule has 0 rings (SSSR count). The molecule has 0 saturated carbocycles. The van der Waals surface area contributed by atoms with Crippen molar-refractivity contribution in [3.8, 4) is 6.07 Å². The molecule has 2 amide bonds. The van der Waals surface area contributed by atoms with Crippen LogP contribution in [0.15, 0.2) is 5.16 Å². The third kappa shape index (κ3) is 4.11. The normalized spacial score (nSPS) is 14.7. The van der Waals surface area contributed by atoms with Gasteiger partial charge in [-0.15, -0.1) is 0 Å². The number of nitriles is 1. The Morgan fingerprint density at radius 3 is 2.53 bits per heavy atom. The topological polar surface area (TPSA) is 118 Å². The highest BCUT2D eigenvalue weighted by Gasteiger charge is 2.35. The van der Waals surface area contributed by atoms with E-state index in [0.29, 0.717) is 0 Å². The van der Waals surface area contributed by atoms with E-state index in [-0.39, 0.29) is 0 Å². The number of nitrogens with two attached hydrogens (primary N) is 1. The van der Waals surface area contributed by atoms with Crippen molar-refractivity contribution >= 4 is 40.1 Å². The molecule has 0 heterocycles. The third-order valence-corrected chi connectivity index (χ3v) is 2.05. The second-order valence-corrected chi connectivity index (χ2v) is 4.71. The molecule has 0 aliphatic heterocycles.